The highest BCUT2D eigenvalue weighted by atomic mass is 16.5. The van der Waals surface area contributed by atoms with E-state index in [-0.39, 0.29) is 5.91 Å². The minimum atomic E-state index is 0.0784. The third kappa shape index (κ3) is 5.20. The van der Waals surface area contributed by atoms with Crippen molar-refractivity contribution in [3.05, 3.63) is 42.5 Å². The zero-order valence-corrected chi connectivity index (χ0v) is 10.2. The van der Waals surface area contributed by atoms with Gasteiger partial charge < -0.3 is 10.1 Å². The Kier molecular flexibility index (Phi) is 5.86. The molecule has 1 N–H and O–H groups in total. The minimum absolute atomic E-state index is 0.0784. The number of hydrogen-bond donors (Lipinski definition) is 1. The number of rotatable bonds is 7. The number of hydrogen-bond acceptors (Lipinski definition) is 2. The van der Waals surface area contributed by atoms with Crippen molar-refractivity contribution in [2.75, 3.05) is 13.7 Å². The van der Waals surface area contributed by atoms with Crippen molar-refractivity contribution in [1.82, 2.24) is 5.32 Å². The molecule has 0 saturated carbocycles. The van der Waals surface area contributed by atoms with Crippen LogP contribution in [0, 0.1) is 0 Å². The molecular weight excluding hydrogens is 214 g/mol. The molecule has 0 aliphatic heterocycles. The van der Waals surface area contributed by atoms with Gasteiger partial charge in [-0.2, -0.15) is 0 Å². The van der Waals surface area contributed by atoms with Crippen molar-refractivity contribution in [3.8, 4) is 5.75 Å². The van der Waals surface area contributed by atoms with Crippen molar-refractivity contribution < 1.29 is 9.53 Å². The van der Waals surface area contributed by atoms with Gasteiger partial charge in [0.2, 0.25) is 5.91 Å². The smallest absolute Gasteiger partial charge is 0.220 e. The van der Waals surface area contributed by atoms with Crippen LogP contribution in [-0.2, 0) is 11.2 Å². The SMILES string of the molecule is C=CCCNC(=O)CCc1cccc(OC)c1. The molecular formula is C14H19NO2. The highest BCUT2D eigenvalue weighted by molar-refractivity contribution is 5.76. The Morgan fingerprint density at radius 1 is 1.53 bits per heavy atom. The molecule has 0 heterocycles. The molecule has 3 nitrogen and oxygen atoms in total. The Morgan fingerprint density at radius 2 is 2.35 bits per heavy atom. The summed E-state index contributed by atoms with van der Waals surface area (Å²) in [6.45, 7) is 4.27. The van der Waals surface area contributed by atoms with Crippen LogP contribution in [0.2, 0.25) is 0 Å². The van der Waals surface area contributed by atoms with Gasteiger partial charge in [0, 0.05) is 13.0 Å². The van der Waals surface area contributed by atoms with Crippen molar-refractivity contribution in [3.63, 3.8) is 0 Å². The van der Waals surface area contributed by atoms with Crippen LogP contribution >= 0.6 is 0 Å². The lowest BCUT2D eigenvalue weighted by atomic mass is 10.1. The molecule has 0 bridgehead atoms. The van der Waals surface area contributed by atoms with E-state index in [1.54, 1.807) is 13.2 Å². The number of nitrogens with one attached hydrogen (secondary N) is 1. The van der Waals surface area contributed by atoms with Crippen molar-refractivity contribution in [1.29, 1.82) is 0 Å². The lowest BCUT2D eigenvalue weighted by molar-refractivity contribution is -0.121. The van der Waals surface area contributed by atoms with Gasteiger partial charge in [-0.25, -0.2) is 0 Å². The highest BCUT2D eigenvalue weighted by Crippen LogP contribution is 2.13. The van der Waals surface area contributed by atoms with E-state index in [0.29, 0.717) is 13.0 Å². The third-order valence-electron chi connectivity index (χ3n) is 2.45. The third-order valence-corrected chi connectivity index (χ3v) is 2.45. The second-order valence-electron chi connectivity index (χ2n) is 3.78. The summed E-state index contributed by atoms with van der Waals surface area (Å²) in [5.74, 6) is 0.907. The number of carbonyl (C=O) groups is 1. The molecule has 1 amide bonds. The Balaban J connectivity index is 2.33. The largest absolute Gasteiger partial charge is 0.497 e. The number of benzene rings is 1. The Labute approximate surface area is 102 Å². The molecule has 1 aromatic carbocycles. The predicted molar refractivity (Wildman–Crippen MR) is 69.1 cm³/mol. The Bertz CT molecular complexity index is 374. The number of carbonyl (C=O) groups excluding carboxylic acids is 1. The zero-order valence-electron chi connectivity index (χ0n) is 10.2. The van der Waals surface area contributed by atoms with Crippen molar-refractivity contribution in [2.45, 2.75) is 19.3 Å². The molecule has 1 rings (SSSR count). The van der Waals surface area contributed by atoms with Gasteiger partial charge >= 0.3 is 0 Å². The van der Waals surface area contributed by atoms with Crippen molar-refractivity contribution in [2.24, 2.45) is 0 Å². The zero-order chi connectivity index (χ0) is 12.5. The molecule has 0 spiro atoms. The first-order valence-corrected chi connectivity index (χ1v) is 5.77. The van der Waals surface area contributed by atoms with E-state index >= 15 is 0 Å². The van der Waals surface area contributed by atoms with Crippen LogP contribution in [-0.4, -0.2) is 19.6 Å². The number of amides is 1. The predicted octanol–water partition coefficient (Wildman–Crippen LogP) is 2.32. The fourth-order valence-corrected chi connectivity index (χ4v) is 1.49. The van der Waals surface area contributed by atoms with E-state index in [2.05, 4.69) is 11.9 Å². The molecule has 17 heavy (non-hydrogen) atoms. The van der Waals surface area contributed by atoms with Crippen LogP contribution in [0.5, 0.6) is 5.75 Å². The standard InChI is InChI=1S/C14H19NO2/c1-3-4-10-15-14(16)9-8-12-6-5-7-13(11-12)17-2/h3,5-7,11H,1,4,8-10H2,2H3,(H,15,16). The van der Waals surface area contributed by atoms with Gasteiger partial charge in [-0.1, -0.05) is 18.2 Å². The lowest BCUT2D eigenvalue weighted by Gasteiger charge is -2.05. The summed E-state index contributed by atoms with van der Waals surface area (Å²) in [6.07, 6.45) is 3.84. The molecule has 0 saturated heterocycles. The fraction of sp³-hybridized carbons (Fsp3) is 0.357. The van der Waals surface area contributed by atoms with Crippen LogP contribution < -0.4 is 10.1 Å². The van der Waals surface area contributed by atoms with Gasteiger partial charge in [0.05, 0.1) is 7.11 Å². The molecule has 0 aliphatic carbocycles. The van der Waals surface area contributed by atoms with Gasteiger partial charge in [-0.15, -0.1) is 6.58 Å². The summed E-state index contributed by atoms with van der Waals surface area (Å²) in [7, 11) is 1.64. The van der Waals surface area contributed by atoms with Gasteiger partial charge in [0.25, 0.3) is 0 Å². The average molecular weight is 233 g/mol. The molecule has 0 radical (unpaired) electrons. The Morgan fingerprint density at radius 3 is 3.06 bits per heavy atom. The summed E-state index contributed by atoms with van der Waals surface area (Å²) >= 11 is 0. The number of aryl methyl sites for hydroxylation is 1. The van der Waals surface area contributed by atoms with Crippen LogP contribution in [0.1, 0.15) is 18.4 Å². The second kappa shape index (κ2) is 7.49. The summed E-state index contributed by atoms with van der Waals surface area (Å²) in [6, 6.07) is 7.79. The Hall–Kier alpha value is -1.77. The van der Waals surface area contributed by atoms with E-state index < -0.39 is 0 Å². The number of methoxy groups -OCH3 is 1. The summed E-state index contributed by atoms with van der Waals surface area (Å²) in [5.41, 5.74) is 1.11. The maximum Gasteiger partial charge on any atom is 0.220 e. The number of ether oxygens (including phenoxy) is 1. The lowest BCUT2D eigenvalue weighted by Crippen LogP contribution is -2.24. The molecule has 1 aromatic rings. The van der Waals surface area contributed by atoms with Gasteiger partial charge in [-0.05, 0) is 30.5 Å². The van der Waals surface area contributed by atoms with Crippen molar-refractivity contribution >= 4 is 5.91 Å². The molecule has 0 unspecified atom stereocenters. The maximum atomic E-state index is 11.5. The first-order valence-electron chi connectivity index (χ1n) is 5.77. The summed E-state index contributed by atoms with van der Waals surface area (Å²) in [4.78, 5) is 11.5. The van der Waals surface area contributed by atoms with Gasteiger partial charge in [0.1, 0.15) is 5.75 Å². The van der Waals surface area contributed by atoms with Crippen LogP contribution in [0.25, 0.3) is 0 Å². The topological polar surface area (TPSA) is 38.3 Å². The van der Waals surface area contributed by atoms with E-state index in [9.17, 15) is 4.79 Å². The van der Waals surface area contributed by atoms with Gasteiger partial charge in [-0.3, -0.25) is 4.79 Å². The summed E-state index contributed by atoms with van der Waals surface area (Å²) in [5, 5.41) is 2.84. The monoisotopic (exact) mass is 233 g/mol. The van der Waals surface area contributed by atoms with Crippen LogP contribution in [0.15, 0.2) is 36.9 Å². The van der Waals surface area contributed by atoms with E-state index in [4.69, 9.17) is 4.74 Å². The average Bonchev–Trinajstić information content (AvgIpc) is 2.37. The molecule has 0 atom stereocenters. The molecule has 3 heteroatoms. The molecule has 0 aromatic heterocycles. The molecule has 0 fully saturated rings. The normalized spacial score (nSPS) is 9.71. The van der Waals surface area contributed by atoms with E-state index in [0.717, 1.165) is 24.2 Å². The first-order chi connectivity index (χ1) is 8.26. The molecule has 92 valence electrons. The van der Waals surface area contributed by atoms with E-state index in [1.165, 1.54) is 0 Å². The first kappa shape index (κ1) is 13.3. The summed E-state index contributed by atoms with van der Waals surface area (Å²) < 4.78 is 5.13. The maximum absolute atomic E-state index is 11.5. The quantitative estimate of drug-likeness (QED) is 0.580. The van der Waals surface area contributed by atoms with E-state index in [1.807, 2.05) is 24.3 Å². The minimum Gasteiger partial charge on any atom is -0.497 e. The molecule has 0 aliphatic rings. The van der Waals surface area contributed by atoms with Crippen LogP contribution in [0.3, 0.4) is 0 Å². The van der Waals surface area contributed by atoms with Crippen LogP contribution in [0.4, 0.5) is 0 Å². The fourth-order valence-electron chi connectivity index (χ4n) is 1.49. The van der Waals surface area contributed by atoms with Gasteiger partial charge in [0.15, 0.2) is 0 Å². The highest BCUT2D eigenvalue weighted by Gasteiger charge is 2.02. The second-order valence-corrected chi connectivity index (χ2v) is 3.78.